The molecule has 2 heterocycles. The third-order valence-electron chi connectivity index (χ3n) is 4.09. The molecule has 1 N–H and O–H groups in total. The van der Waals surface area contributed by atoms with Gasteiger partial charge in [0.05, 0.1) is 17.3 Å². The Hall–Kier alpha value is -1.39. The molecule has 1 fully saturated rings. The van der Waals surface area contributed by atoms with Crippen molar-refractivity contribution in [1.29, 1.82) is 0 Å². The molecule has 2 atom stereocenters. The van der Waals surface area contributed by atoms with E-state index >= 15 is 0 Å². The lowest BCUT2D eigenvalue weighted by Crippen LogP contribution is -2.17. The number of fused-ring (bicyclic) bond motifs is 1. The van der Waals surface area contributed by atoms with Crippen molar-refractivity contribution in [2.45, 2.75) is 38.8 Å². The predicted octanol–water partition coefficient (Wildman–Crippen LogP) is 2.39. The summed E-state index contributed by atoms with van der Waals surface area (Å²) in [5, 5.41) is 16.1. The summed E-state index contributed by atoms with van der Waals surface area (Å²) in [7, 11) is 0. The van der Waals surface area contributed by atoms with Crippen molar-refractivity contribution in [3.05, 3.63) is 30.0 Å². The molecule has 0 amide bonds. The van der Waals surface area contributed by atoms with E-state index in [-0.39, 0.29) is 6.10 Å². The number of aryl methyl sites for hydroxylation is 1. The molecule has 2 aromatic rings. The molecule has 0 spiro atoms. The summed E-state index contributed by atoms with van der Waals surface area (Å²) in [5.41, 5.74) is 2.16. The second-order valence-electron chi connectivity index (χ2n) is 5.60. The average molecular weight is 274 g/mol. The highest BCUT2D eigenvalue weighted by Crippen LogP contribution is 2.23. The van der Waals surface area contributed by atoms with E-state index in [9.17, 15) is 5.11 Å². The predicted molar refractivity (Wildman–Crippen MR) is 78.7 cm³/mol. The quantitative estimate of drug-likeness (QED) is 0.910. The summed E-state index contributed by atoms with van der Waals surface area (Å²) in [4.78, 5) is 0. The summed E-state index contributed by atoms with van der Waals surface area (Å²) >= 11 is 0. The SMILES string of the molecule is CCn1nc(CC(O)CC2CCOC2)c2ccccc21. The lowest BCUT2D eigenvalue weighted by atomic mass is 9.97. The molecular formula is C16H22N2O2. The molecule has 4 nitrogen and oxygen atoms in total. The fourth-order valence-corrected chi connectivity index (χ4v) is 3.05. The molecule has 108 valence electrons. The Bertz CT molecular complexity index is 573. The summed E-state index contributed by atoms with van der Waals surface area (Å²) in [6.07, 6.45) is 2.18. The number of aromatic nitrogens is 2. The molecular weight excluding hydrogens is 252 g/mol. The zero-order chi connectivity index (χ0) is 13.9. The Balaban J connectivity index is 1.76. The topological polar surface area (TPSA) is 47.3 Å². The minimum Gasteiger partial charge on any atom is -0.393 e. The highest BCUT2D eigenvalue weighted by atomic mass is 16.5. The minimum atomic E-state index is -0.328. The number of para-hydroxylation sites is 1. The van der Waals surface area contributed by atoms with Crippen LogP contribution in [0.3, 0.4) is 0 Å². The maximum Gasteiger partial charge on any atom is 0.0729 e. The number of aliphatic hydroxyl groups is 1. The van der Waals surface area contributed by atoms with E-state index in [0.29, 0.717) is 12.3 Å². The molecule has 0 aliphatic carbocycles. The van der Waals surface area contributed by atoms with Crippen molar-refractivity contribution in [1.82, 2.24) is 9.78 Å². The van der Waals surface area contributed by atoms with Gasteiger partial charge in [0.15, 0.2) is 0 Å². The average Bonchev–Trinajstić information content (AvgIpc) is 3.07. The molecule has 20 heavy (non-hydrogen) atoms. The number of benzene rings is 1. The maximum atomic E-state index is 10.3. The number of aliphatic hydroxyl groups excluding tert-OH is 1. The van der Waals surface area contributed by atoms with Crippen LogP contribution in [0.2, 0.25) is 0 Å². The van der Waals surface area contributed by atoms with E-state index in [1.54, 1.807) is 0 Å². The van der Waals surface area contributed by atoms with Gasteiger partial charge < -0.3 is 9.84 Å². The third-order valence-corrected chi connectivity index (χ3v) is 4.09. The van der Waals surface area contributed by atoms with E-state index in [1.165, 1.54) is 0 Å². The van der Waals surface area contributed by atoms with Crippen LogP contribution in [0.15, 0.2) is 24.3 Å². The Morgan fingerprint density at radius 2 is 2.30 bits per heavy atom. The van der Waals surface area contributed by atoms with Crippen LogP contribution in [0.5, 0.6) is 0 Å². The Labute approximate surface area is 119 Å². The molecule has 1 aliphatic heterocycles. The number of nitrogens with zero attached hydrogens (tertiary/aromatic N) is 2. The summed E-state index contributed by atoms with van der Waals surface area (Å²) in [5.74, 6) is 0.504. The number of hydrogen-bond acceptors (Lipinski definition) is 3. The van der Waals surface area contributed by atoms with Gasteiger partial charge in [0.2, 0.25) is 0 Å². The van der Waals surface area contributed by atoms with Gasteiger partial charge in [-0.15, -0.1) is 0 Å². The second kappa shape index (κ2) is 5.94. The van der Waals surface area contributed by atoms with E-state index in [0.717, 1.165) is 49.2 Å². The second-order valence-corrected chi connectivity index (χ2v) is 5.60. The Kier molecular flexibility index (Phi) is 4.03. The van der Waals surface area contributed by atoms with Gasteiger partial charge in [-0.25, -0.2) is 0 Å². The third kappa shape index (κ3) is 2.72. The van der Waals surface area contributed by atoms with Crippen molar-refractivity contribution >= 4 is 10.9 Å². The number of rotatable bonds is 5. The highest BCUT2D eigenvalue weighted by Gasteiger charge is 2.21. The van der Waals surface area contributed by atoms with Crippen LogP contribution >= 0.6 is 0 Å². The molecule has 0 saturated carbocycles. The molecule has 1 saturated heterocycles. The van der Waals surface area contributed by atoms with Crippen molar-refractivity contribution < 1.29 is 9.84 Å². The molecule has 2 unspecified atom stereocenters. The monoisotopic (exact) mass is 274 g/mol. The number of ether oxygens (including phenoxy) is 1. The first-order valence-corrected chi connectivity index (χ1v) is 7.48. The standard InChI is InChI=1S/C16H22N2O2/c1-2-18-16-6-4-3-5-14(16)15(17-18)10-13(19)9-12-7-8-20-11-12/h3-6,12-13,19H,2,7-11H2,1H3. The van der Waals surface area contributed by atoms with Gasteiger partial charge in [0.1, 0.15) is 0 Å². The van der Waals surface area contributed by atoms with Gasteiger partial charge in [-0.2, -0.15) is 5.10 Å². The molecule has 0 bridgehead atoms. The van der Waals surface area contributed by atoms with Crippen LogP contribution in [-0.4, -0.2) is 34.2 Å². The van der Waals surface area contributed by atoms with Crippen LogP contribution in [0.1, 0.15) is 25.5 Å². The van der Waals surface area contributed by atoms with Gasteiger partial charge >= 0.3 is 0 Å². The lowest BCUT2D eigenvalue weighted by Gasteiger charge is -2.13. The first kappa shape index (κ1) is 13.6. The van der Waals surface area contributed by atoms with Gasteiger partial charge in [0.25, 0.3) is 0 Å². The molecule has 1 aromatic heterocycles. The fourth-order valence-electron chi connectivity index (χ4n) is 3.05. The van der Waals surface area contributed by atoms with E-state index in [2.05, 4.69) is 24.2 Å². The van der Waals surface area contributed by atoms with Crippen LogP contribution in [0.25, 0.3) is 10.9 Å². The Morgan fingerprint density at radius 1 is 1.45 bits per heavy atom. The first-order valence-electron chi connectivity index (χ1n) is 7.48. The van der Waals surface area contributed by atoms with Crippen LogP contribution < -0.4 is 0 Å². The van der Waals surface area contributed by atoms with Crippen molar-refractivity contribution in [2.75, 3.05) is 13.2 Å². The van der Waals surface area contributed by atoms with Crippen molar-refractivity contribution in [3.63, 3.8) is 0 Å². The minimum absolute atomic E-state index is 0.328. The smallest absolute Gasteiger partial charge is 0.0729 e. The molecule has 1 aliphatic rings. The van der Waals surface area contributed by atoms with Gasteiger partial charge in [-0.3, -0.25) is 4.68 Å². The zero-order valence-corrected chi connectivity index (χ0v) is 12.0. The maximum absolute atomic E-state index is 10.3. The molecule has 1 aromatic carbocycles. The van der Waals surface area contributed by atoms with Crippen molar-refractivity contribution in [2.24, 2.45) is 5.92 Å². The van der Waals surface area contributed by atoms with Gasteiger partial charge in [0, 0.05) is 31.6 Å². The Morgan fingerprint density at radius 3 is 3.05 bits per heavy atom. The largest absolute Gasteiger partial charge is 0.393 e. The zero-order valence-electron chi connectivity index (χ0n) is 12.0. The van der Waals surface area contributed by atoms with Gasteiger partial charge in [-0.05, 0) is 31.7 Å². The summed E-state index contributed by atoms with van der Waals surface area (Å²) in [6, 6.07) is 8.25. The van der Waals surface area contributed by atoms with Crippen molar-refractivity contribution in [3.8, 4) is 0 Å². The first-order chi connectivity index (χ1) is 9.78. The normalized spacial score (nSPS) is 20.6. The van der Waals surface area contributed by atoms with Crippen LogP contribution in [0, 0.1) is 5.92 Å². The lowest BCUT2D eigenvalue weighted by molar-refractivity contribution is 0.128. The molecule has 0 radical (unpaired) electrons. The van der Waals surface area contributed by atoms with Crippen LogP contribution in [-0.2, 0) is 17.7 Å². The van der Waals surface area contributed by atoms with E-state index in [4.69, 9.17) is 4.74 Å². The highest BCUT2D eigenvalue weighted by molar-refractivity contribution is 5.81. The summed E-state index contributed by atoms with van der Waals surface area (Å²) < 4.78 is 7.38. The molecule has 4 heteroatoms. The van der Waals surface area contributed by atoms with E-state index in [1.807, 2.05) is 16.8 Å². The number of hydrogen-bond donors (Lipinski definition) is 1. The van der Waals surface area contributed by atoms with Crippen LogP contribution in [0.4, 0.5) is 0 Å². The van der Waals surface area contributed by atoms with Gasteiger partial charge in [-0.1, -0.05) is 18.2 Å². The molecule has 3 rings (SSSR count). The summed E-state index contributed by atoms with van der Waals surface area (Å²) in [6.45, 7) is 4.58. The van der Waals surface area contributed by atoms with E-state index < -0.39 is 0 Å². The fraction of sp³-hybridized carbons (Fsp3) is 0.562.